The Morgan fingerprint density at radius 1 is 1.33 bits per heavy atom. The topological polar surface area (TPSA) is 79.8 Å². The second kappa shape index (κ2) is 7.27. The lowest BCUT2D eigenvalue weighted by atomic mass is 10.1. The van der Waals surface area contributed by atoms with Gasteiger partial charge in [-0.3, -0.25) is 4.99 Å². The van der Waals surface area contributed by atoms with Gasteiger partial charge in [0, 0.05) is 17.1 Å². The van der Waals surface area contributed by atoms with E-state index >= 15 is 0 Å². The van der Waals surface area contributed by atoms with Gasteiger partial charge in [-0.2, -0.15) is 5.26 Å². The van der Waals surface area contributed by atoms with Crippen molar-refractivity contribution >= 4 is 27.3 Å². The maximum absolute atomic E-state index is 13.9. The first kappa shape index (κ1) is 16.2. The number of tetrazole rings is 1. The van der Waals surface area contributed by atoms with E-state index in [4.69, 9.17) is 5.26 Å². The molecule has 0 spiro atoms. The molecule has 8 heteroatoms. The number of hydrogen-bond donors (Lipinski definition) is 0. The van der Waals surface area contributed by atoms with Gasteiger partial charge in [0.1, 0.15) is 11.5 Å². The summed E-state index contributed by atoms with van der Waals surface area (Å²) in [4.78, 5) is 5.58. The molecule has 120 valence electrons. The normalized spacial score (nSPS) is 17.6. The van der Waals surface area contributed by atoms with Crippen molar-refractivity contribution in [2.24, 2.45) is 4.99 Å². The third kappa shape index (κ3) is 3.81. The largest absolute Gasteiger partial charge is 0.252 e. The lowest BCUT2D eigenvalue weighted by Gasteiger charge is -2.00. The molecule has 0 N–H and O–H groups in total. The number of rotatable bonds is 3. The Morgan fingerprint density at radius 2 is 2.21 bits per heavy atom. The van der Waals surface area contributed by atoms with Gasteiger partial charge in [0.2, 0.25) is 5.82 Å². The zero-order valence-corrected chi connectivity index (χ0v) is 14.1. The van der Waals surface area contributed by atoms with Crippen LogP contribution in [0.4, 0.5) is 4.39 Å². The van der Waals surface area contributed by atoms with Gasteiger partial charge in [0.05, 0.1) is 18.2 Å². The molecule has 1 aliphatic heterocycles. The van der Waals surface area contributed by atoms with Crippen LogP contribution in [-0.2, 0) is 0 Å². The van der Waals surface area contributed by atoms with Crippen molar-refractivity contribution in [1.82, 2.24) is 20.2 Å². The maximum atomic E-state index is 13.9. The molecule has 1 aliphatic carbocycles. The van der Waals surface area contributed by atoms with Crippen molar-refractivity contribution in [3.8, 4) is 6.07 Å². The molecule has 0 unspecified atom stereocenters. The molecule has 1 aromatic rings. The third-order valence-corrected chi connectivity index (χ3v) is 3.84. The highest BCUT2D eigenvalue weighted by atomic mass is 79.9. The summed E-state index contributed by atoms with van der Waals surface area (Å²) >= 11 is 3.39. The van der Waals surface area contributed by atoms with Gasteiger partial charge in [-0.25, -0.2) is 4.39 Å². The van der Waals surface area contributed by atoms with Crippen LogP contribution in [-0.4, -0.2) is 25.9 Å². The van der Waals surface area contributed by atoms with E-state index in [2.05, 4.69) is 36.3 Å². The van der Waals surface area contributed by atoms with Crippen molar-refractivity contribution in [2.75, 3.05) is 0 Å². The van der Waals surface area contributed by atoms with E-state index < -0.39 is 5.83 Å². The minimum atomic E-state index is -0.443. The first-order valence-electron chi connectivity index (χ1n) is 7.19. The second-order valence-electron chi connectivity index (χ2n) is 5.08. The number of aromatic nitrogens is 4. The quantitative estimate of drug-likeness (QED) is 0.794. The van der Waals surface area contributed by atoms with Gasteiger partial charge < -0.3 is 0 Å². The van der Waals surface area contributed by atoms with Crippen molar-refractivity contribution in [2.45, 2.75) is 19.3 Å². The number of halogens is 2. The zero-order chi connectivity index (χ0) is 16.9. The molecule has 0 saturated carbocycles. The minimum absolute atomic E-state index is 0.160. The van der Waals surface area contributed by atoms with Gasteiger partial charge in [-0.1, -0.05) is 28.1 Å². The number of nitrogens with zero attached hydrogens (tertiary/aromatic N) is 6. The highest BCUT2D eigenvalue weighted by Crippen LogP contribution is 2.21. The van der Waals surface area contributed by atoms with Crippen molar-refractivity contribution in [3.05, 3.63) is 58.3 Å². The molecule has 0 fully saturated rings. The standard InChI is InChI=1S/C16H12BrFN6/c17-12-2-1-3-15(20-10-12)16-21-23-24(22-16)14-5-4-11(6-7-19)8-13(18)9-14/h1,3-4,8-10H,2,5-6H2. The number of allylic oxidation sites excluding steroid dienone is 9. The van der Waals surface area contributed by atoms with E-state index in [1.807, 2.05) is 18.2 Å². The highest BCUT2D eigenvalue weighted by molar-refractivity contribution is 9.11. The van der Waals surface area contributed by atoms with Crippen molar-refractivity contribution in [3.63, 3.8) is 0 Å². The van der Waals surface area contributed by atoms with E-state index in [0.29, 0.717) is 29.2 Å². The first-order chi connectivity index (χ1) is 11.7. The molecular weight excluding hydrogens is 375 g/mol. The second-order valence-corrected chi connectivity index (χ2v) is 6.10. The van der Waals surface area contributed by atoms with Crippen LogP contribution in [0.3, 0.4) is 0 Å². The summed E-state index contributed by atoms with van der Waals surface area (Å²) in [6.07, 6.45) is 11.2. The molecule has 0 atom stereocenters. The van der Waals surface area contributed by atoms with Crippen LogP contribution in [0, 0.1) is 11.3 Å². The summed E-state index contributed by atoms with van der Waals surface area (Å²) in [5.41, 5.74) is 1.75. The van der Waals surface area contributed by atoms with Gasteiger partial charge in [0.25, 0.3) is 0 Å². The molecule has 0 amide bonds. The Hall–Kier alpha value is -2.66. The van der Waals surface area contributed by atoms with Gasteiger partial charge in [-0.15, -0.1) is 15.0 Å². The molecule has 3 rings (SSSR count). The molecule has 0 bridgehead atoms. The van der Waals surface area contributed by atoms with Crippen LogP contribution >= 0.6 is 15.9 Å². The monoisotopic (exact) mass is 386 g/mol. The molecule has 0 aromatic carbocycles. The number of hydrogen-bond acceptors (Lipinski definition) is 5. The lowest BCUT2D eigenvalue weighted by molar-refractivity contribution is 0.660. The summed E-state index contributed by atoms with van der Waals surface area (Å²) in [6.45, 7) is 0. The van der Waals surface area contributed by atoms with Crippen LogP contribution in [0.2, 0.25) is 0 Å². The van der Waals surface area contributed by atoms with Crippen molar-refractivity contribution < 1.29 is 4.39 Å². The summed E-state index contributed by atoms with van der Waals surface area (Å²) in [6, 6.07) is 2.01. The van der Waals surface area contributed by atoms with Gasteiger partial charge in [-0.05, 0) is 35.4 Å². The fourth-order valence-corrected chi connectivity index (χ4v) is 2.46. The van der Waals surface area contributed by atoms with E-state index in [9.17, 15) is 4.39 Å². The molecule has 6 nitrogen and oxygen atoms in total. The van der Waals surface area contributed by atoms with E-state index in [1.54, 1.807) is 12.3 Å². The molecule has 1 aromatic heterocycles. The smallest absolute Gasteiger partial charge is 0.223 e. The maximum Gasteiger partial charge on any atom is 0.223 e. The molecular formula is C16H12BrFN6. The Kier molecular flexibility index (Phi) is 4.91. The Balaban J connectivity index is 1.87. The molecule has 2 heterocycles. The molecule has 0 radical (unpaired) electrons. The minimum Gasteiger partial charge on any atom is -0.252 e. The SMILES string of the molecule is N#CCC1=CCC(n2nnc(C3=NC=C(Br)CC=C3)n2)=CC(F)=C1. The lowest BCUT2D eigenvalue weighted by Crippen LogP contribution is -2.04. The fourth-order valence-electron chi connectivity index (χ4n) is 2.17. The van der Waals surface area contributed by atoms with Gasteiger partial charge >= 0.3 is 0 Å². The molecule has 0 saturated heterocycles. The summed E-state index contributed by atoms with van der Waals surface area (Å²) in [5, 5.41) is 21.0. The zero-order valence-electron chi connectivity index (χ0n) is 12.5. The van der Waals surface area contributed by atoms with E-state index in [1.165, 1.54) is 16.9 Å². The van der Waals surface area contributed by atoms with Gasteiger partial charge in [0.15, 0.2) is 0 Å². The molecule has 2 aliphatic rings. The van der Waals surface area contributed by atoms with E-state index in [0.717, 1.165) is 10.9 Å². The average Bonchev–Trinajstić information content (AvgIpc) is 2.84. The average molecular weight is 387 g/mol. The van der Waals surface area contributed by atoms with Crippen LogP contribution in [0.1, 0.15) is 25.1 Å². The fraction of sp³-hybridized carbons (Fsp3) is 0.188. The van der Waals surface area contributed by atoms with Crippen molar-refractivity contribution in [1.29, 1.82) is 5.26 Å². The predicted molar refractivity (Wildman–Crippen MR) is 91.5 cm³/mol. The Bertz CT molecular complexity index is 879. The van der Waals surface area contributed by atoms with Crippen LogP contribution in [0.25, 0.3) is 5.70 Å². The highest BCUT2D eigenvalue weighted by Gasteiger charge is 2.13. The van der Waals surface area contributed by atoms with E-state index in [-0.39, 0.29) is 6.42 Å². The third-order valence-electron chi connectivity index (χ3n) is 3.32. The summed E-state index contributed by atoms with van der Waals surface area (Å²) in [7, 11) is 0. The first-order valence-corrected chi connectivity index (χ1v) is 7.98. The van der Waals surface area contributed by atoms with Crippen LogP contribution in [0.15, 0.2) is 57.5 Å². The molecule has 24 heavy (non-hydrogen) atoms. The number of aliphatic imine (C=N–C) groups is 1. The summed E-state index contributed by atoms with van der Waals surface area (Å²) in [5.74, 6) is -0.0816. The van der Waals surface area contributed by atoms with Crippen LogP contribution in [0.5, 0.6) is 0 Å². The predicted octanol–water partition coefficient (Wildman–Crippen LogP) is 3.60. The summed E-state index contributed by atoms with van der Waals surface area (Å²) < 4.78 is 14.9. The number of nitriles is 1. The Labute approximate surface area is 146 Å². The Morgan fingerprint density at radius 3 is 3.04 bits per heavy atom. The van der Waals surface area contributed by atoms with Crippen LogP contribution < -0.4 is 0 Å².